The van der Waals surface area contributed by atoms with E-state index in [0.717, 1.165) is 5.56 Å². The molecule has 4 nitrogen and oxygen atoms in total. The number of aryl methyl sites for hydroxylation is 1. The van der Waals surface area contributed by atoms with E-state index in [1.54, 1.807) is 0 Å². The summed E-state index contributed by atoms with van der Waals surface area (Å²) in [5.41, 5.74) is 2.32. The van der Waals surface area contributed by atoms with Crippen molar-refractivity contribution < 1.29 is 18.3 Å². The zero-order valence-corrected chi connectivity index (χ0v) is 9.46. The van der Waals surface area contributed by atoms with E-state index in [9.17, 15) is 13.0 Å². The molecule has 0 radical (unpaired) electrons. The number of rotatable bonds is 5. The summed E-state index contributed by atoms with van der Waals surface area (Å²) in [6, 6.07) is 7.99. The monoisotopic (exact) mass is 229 g/mol. The third-order valence-corrected chi connectivity index (χ3v) is 2.77. The molecule has 0 saturated carbocycles. The zero-order valence-electron chi connectivity index (χ0n) is 8.64. The molecule has 1 rings (SSSR count). The van der Waals surface area contributed by atoms with Crippen molar-refractivity contribution >= 4 is 10.1 Å². The molecule has 5 heteroatoms. The van der Waals surface area contributed by atoms with Crippen molar-refractivity contribution in [3.8, 4) is 0 Å². The van der Waals surface area contributed by atoms with Crippen LogP contribution in [0.5, 0.6) is 0 Å². The molecule has 84 valence electrons. The standard InChI is InChI=1S/C10H15NO3S/c1-9-3-2-4-10(7-9)8-11-5-6-15(12,13)14/h2-4,7,11H,5-6,8H2,1H3,(H,12,13,14). The minimum atomic E-state index is -4.07. The summed E-state index contributed by atoms with van der Waals surface area (Å²) in [5.74, 6) is -0.307. The van der Waals surface area contributed by atoms with Crippen molar-refractivity contribution in [2.75, 3.05) is 12.3 Å². The molecule has 0 aromatic heterocycles. The van der Waals surface area contributed by atoms with Crippen LogP contribution in [0.1, 0.15) is 11.1 Å². The fraction of sp³-hybridized carbons (Fsp3) is 0.400. The van der Waals surface area contributed by atoms with Gasteiger partial charge in [0.05, 0.1) is 12.3 Å². The van der Waals surface area contributed by atoms with E-state index >= 15 is 0 Å². The van der Waals surface area contributed by atoms with E-state index in [1.165, 1.54) is 5.56 Å². The minimum absolute atomic E-state index is 0.307. The predicted octanol–water partition coefficient (Wildman–Crippen LogP) is -0.396. The van der Waals surface area contributed by atoms with Crippen molar-refractivity contribution in [3.63, 3.8) is 0 Å². The first-order valence-electron chi connectivity index (χ1n) is 4.78. The van der Waals surface area contributed by atoms with Gasteiger partial charge in [0.2, 0.25) is 0 Å². The van der Waals surface area contributed by atoms with Gasteiger partial charge in [0.1, 0.15) is 16.7 Å². The average Bonchev–Trinajstić information content (AvgIpc) is 2.11. The molecular formula is C10H15NO3S. The molecule has 0 aliphatic heterocycles. The van der Waals surface area contributed by atoms with Gasteiger partial charge >= 0.3 is 0 Å². The van der Waals surface area contributed by atoms with Crippen LogP contribution in [0.2, 0.25) is 0 Å². The van der Waals surface area contributed by atoms with Crippen molar-refractivity contribution in [3.05, 3.63) is 35.4 Å². The summed E-state index contributed by atoms with van der Waals surface area (Å²) in [7, 11) is -4.07. The Morgan fingerprint density at radius 3 is 2.73 bits per heavy atom. The van der Waals surface area contributed by atoms with Gasteiger partial charge in [-0.15, -0.1) is 0 Å². The van der Waals surface area contributed by atoms with E-state index in [2.05, 4.69) is 0 Å². The number of nitrogens with two attached hydrogens (primary N) is 1. The highest BCUT2D eigenvalue weighted by atomic mass is 32.2. The largest absolute Gasteiger partial charge is 0.748 e. The average molecular weight is 229 g/mol. The van der Waals surface area contributed by atoms with Crippen LogP contribution in [0.4, 0.5) is 0 Å². The first kappa shape index (κ1) is 12.2. The summed E-state index contributed by atoms with van der Waals surface area (Å²) in [5, 5.41) is 1.82. The Morgan fingerprint density at radius 2 is 2.13 bits per heavy atom. The fourth-order valence-corrected chi connectivity index (χ4v) is 1.79. The van der Waals surface area contributed by atoms with Crippen LogP contribution in [0.3, 0.4) is 0 Å². The van der Waals surface area contributed by atoms with Crippen molar-refractivity contribution in [1.82, 2.24) is 0 Å². The molecule has 0 aliphatic carbocycles. The SMILES string of the molecule is Cc1cccc(C[NH2+]CCS(=O)(=O)[O-])c1. The second-order valence-electron chi connectivity index (χ2n) is 3.53. The van der Waals surface area contributed by atoms with Gasteiger partial charge in [-0.1, -0.05) is 29.8 Å². The Kier molecular flexibility index (Phi) is 4.26. The molecule has 0 aliphatic rings. The van der Waals surface area contributed by atoms with Gasteiger partial charge in [0, 0.05) is 5.56 Å². The van der Waals surface area contributed by atoms with E-state index in [4.69, 9.17) is 0 Å². The van der Waals surface area contributed by atoms with Crippen LogP contribution in [0, 0.1) is 6.92 Å². The zero-order chi connectivity index (χ0) is 11.3. The molecule has 0 spiro atoms. The van der Waals surface area contributed by atoms with Gasteiger partial charge in [-0.05, 0) is 6.92 Å². The van der Waals surface area contributed by atoms with Gasteiger partial charge in [-0.2, -0.15) is 0 Å². The second kappa shape index (κ2) is 5.25. The van der Waals surface area contributed by atoms with E-state index < -0.39 is 10.1 Å². The van der Waals surface area contributed by atoms with E-state index in [-0.39, 0.29) is 5.75 Å². The molecule has 1 aromatic carbocycles. The topological polar surface area (TPSA) is 73.8 Å². The number of hydrogen-bond acceptors (Lipinski definition) is 3. The summed E-state index contributed by atoms with van der Waals surface area (Å²) in [6.45, 7) is 3.03. The molecule has 0 heterocycles. The molecule has 2 N–H and O–H groups in total. The molecule has 15 heavy (non-hydrogen) atoms. The third-order valence-electron chi connectivity index (χ3n) is 2.03. The second-order valence-corrected chi connectivity index (χ2v) is 5.06. The van der Waals surface area contributed by atoms with Crippen molar-refractivity contribution in [2.24, 2.45) is 0 Å². The Bertz CT molecular complexity index is 414. The lowest BCUT2D eigenvalue weighted by Gasteiger charge is -2.06. The lowest BCUT2D eigenvalue weighted by molar-refractivity contribution is -0.666. The highest BCUT2D eigenvalue weighted by Gasteiger charge is 1.99. The van der Waals surface area contributed by atoms with Crippen LogP contribution < -0.4 is 5.32 Å². The highest BCUT2D eigenvalue weighted by Crippen LogP contribution is 2.01. The van der Waals surface area contributed by atoms with Crippen LogP contribution >= 0.6 is 0 Å². The third kappa shape index (κ3) is 5.51. The summed E-state index contributed by atoms with van der Waals surface area (Å²) < 4.78 is 31.0. The summed E-state index contributed by atoms with van der Waals surface area (Å²) >= 11 is 0. The van der Waals surface area contributed by atoms with Crippen LogP contribution in [0.15, 0.2) is 24.3 Å². The first-order valence-corrected chi connectivity index (χ1v) is 6.36. The quantitative estimate of drug-likeness (QED) is 0.551. The van der Waals surface area contributed by atoms with Crippen molar-refractivity contribution in [1.29, 1.82) is 0 Å². The Hall–Kier alpha value is -0.910. The van der Waals surface area contributed by atoms with E-state index in [1.807, 2.05) is 36.5 Å². The van der Waals surface area contributed by atoms with Crippen LogP contribution in [-0.2, 0) is 16.7 Å². The summed E-state index contributed by atoms with van der Waals surface area (Å²) in [4.78, 5) is 0. The Morgan fingerprint density at radius 1 is 1.40 bits per heavy atom. The smallest absolute Gasteiger partial charge is 0.101 e. The summed E-state index contributed by atoms with van der Waals surface area (Å²) in [6.07, 6.45) is 0. The highest BCUT2D eigenvalue weighted by molar-refractivity contribution is 7.85. The fourth-order valence-electron chi connectivity index (χ4n) is 1.34. The lowest BCUT2D eigenvalue weighted by atomic mass is 10.1. The Balaban J connectivity index is 2.32. The molecule has 0 atom stereocenters. The van der Waals surface area contributed by atoms with Gasteiger partial charge in [-0.3, -0.25) is 0 Å². The van der Waals surface area contributed by atoms with Gasteiger partial charge in [-0.25, -0.2) is 8.42 Å². The maximum Gasteiger partial charge on any atom is 0.101 e. The molecule has 0 bridgehead atoms. The van der Waals surface area contributed by atoms with Crippen LogP contribution in [0.25, 0.3) is 0 Å². The number of hydrogen-bond donors (Lipinski definition) is 1. The van der Waals surface area contributed by atoms with Gasteiger partial charge < -0.3 is 9.87 Å². The molecule has 0 fully saturated rings. The van der Waals surface area contributed by atoms with Crippen molar-refractivity contribution in [2.45, 2.75) is 13.5 Å². The minimum Gasteiger partial charge on any atom is -0.748 e. The molecule has 0 saturated heterocycles. The number of quaternary nitrogens is 1. The predicted molar refractivity (Wildman–Crippen MR) is 56.2 cm³/mol. The molecule has 1 aromatic rings. The normalized spacial score (nSPS) is 11.6. The number of benzene rings is 1. The molecule has 0 unspecified atom stereocenters. The van der Waals surface area contributed by atoms with Crippen LogP contribution in [-0.4, -0.2) is 25.3 Å². The Labute approximate surface area is 90.1 Å². The van der Waals surface area contributed by atoms with Gasteiger partial charge in [0.25, 0.3) is 0 Å². The molecule has 0 amide bonds. The first-order chi connectivity index (χ1) is 6.97. The van der Waals surface area contributed by atoms with Gasteiger partial charge in [0.15, 0.2) is 0 Å². The van der Waals surface area contributed by atoms with E-state index in [0.29, 0.717) is 13.1 Å². The lowest BCUT2D eigenvalue weighted by Crippen LogP contribution is -2.83. The maximum absolute atomic E-state index is 10.3. The molecular weight excluding hydrogens is 214 g/mol. The maximum atomic E-state index is 10.3.